The van der Waals surface area contributed by atoms with E-state index >= 15 is 0 Å². The van der Waals surface area contributed by atoms with E-state index in [1.165, 1.54) is 5.56 Å². The maximum Gasteiger partial charge on any atom is 0.233 e. The van der Waals surface area contributed by atoms with E-state index in [1.807, 2.05) is 31.2 Å². The Morgan fingerprint density at radius 3 is 2.35 bits per heavy atom. The lowest BCUT2D eigenvalue weighted by Gasteiger charge is -2.12. The van der Waals surface area contributed by atoms with Crippen molar-refractivity contribution in [2.24, 2.45) is 0 Å². The quantitative estimate of drug-likeness (QED) is 0.550. The Balaban J connectivity index is 1.69. The van der Waals surface area contributed by atoms with Gasteiger partial charge in [-0.2, -0.15) is 0 Å². The van der Waals surface area contributed by atoms with Crippen LogP contribution in [0.2, 0.25) is 5.02 Å². The predicted molar refractivity (Wildman–Crippen MR) is 102 cm³/mol. The summed E-state index contributed by atoms with van der Waals surface area (Å²) in [4.78, 5) is 14.4. The SMILES string of the molecule is Cc1ccc(S[C@H](C)C(=O)NCCSc2ccc(Cl)cc2)cc1. The van der Waals surface area contributed by atoms with Gasteiger partial charge in [0.25, 0.3) is 0 Å². The number of nitrogens with one attached hydrogen (secondary N) is 1. The predicted octanol–water partition coefficient (Wildman–Crippen LogP) is 5.04. The fourth-order valence-electron chi connectivity index (χ4n) is 1.89. The summed E-state index contributed by atoms with van der Waals surface area (Å²) >= 11 is 9.15. The van der Waals surface area contributed by atoms with Crippen LogP contribution < -0.4 is 5.32 Å². The molecule has 2 nitrogen and oxygen atoms in total. The van der Waals surface area contributed by atoms with Crippen LogP contribution in [0.5, 0.6) is 0 Å². The summed E-state index contributed by atoms with van der Waals surface area (Å²) in [6.45, 7) is 4.65. The average Bonchev–Trinajstić information content (AvgIpc) is 2.55. The molecule has 0 aromatic heterocycles. The molecule has 0 heterocycles. The molecule has 0 saturated heterocycles. The standard InChI is InChI=1S/C18H20ClNOS2/c1-13-3-7-17(8-4-13)23-14(2)18(21)20-11-12-22-16-9-5-15(19)6-10-16/h3-10,14H,11-12H2,1-2H3,(H,20,21)/t14-/m1/s1. The molecule has 0 spiro atoms. The van der Waals surface area contributed by atoms with E-state index in [0.29, 0.717) is 6.54 Å². The van der Waals surface area contributed by atoms with E-state index in [-0.39, 0.29) is 11.2 Å². The van der Waals surface area contributed by atoms with Gasteiger partial charge in [-0.25, -0.2) is 0 Å². The van der Waals surface area contributed by atoms with Crippen LogP contribution in [-0.2, 0) is 4.79 Å². The van der Waals surface area contributed by atoms with Crippen molar-refractivity contribution < 1.29 is 4.79 Å². The van der Waals surface area contributed by atoms with E-state index in [4.69, 9.17) is 11.6 Å². The zero-order valence-electron chi connectivity index (χ0n) is 13.2. The van der Waals surface area contributed by atoms with Crippen molar-refractivity contribution in [1.29, 1.82) is 0 Å². The number of halogens is 1. The van der Waals surface area contributed by atoms with Gasteiger partial charge in [0.2, 0.25) is 5.91 Å². The van der Waals surface area contributed by atoms with Crippen LogP contribution in [0.1, 0.15) is 12.5 Å². The molecule has 1 amide bonds. The number of aryl methyl sites for hydroxylation is 1. The Hall–Kier alpha value is -1.10. The van der Waals surface area contributed by atoms with Gasteiger partial charge in [-0.1, -0.05) is 29.3 Å². The van der Waals surface area contributed by atoms with Crippen molar-refractivity contribution in [2.45, 2.75) is 28.9 Å². The number of hydrogen-bond acceptors (Lipinski definition) is 3. The molecule has 0 aliphatic heterocycles. The molecule has 0 unspecified atom stereocenters. The van der Waals surface area contributed by atoms with Gasteiger partial charge in [0.1, 0.15) is 0 Å². The van der Waals surface area contributed by atoms with Crippen molar-refractivity contribution >= 4 is 41.0 Å². The normalized spacial score (nSPS) is 12.0. The van der Waals surface area contributed by atoms with Gasteiger partial charge in [0.15, 0.2) is 0 Å². The van der Waals surface area contributed by atoms with Crippen LogP contribution in [0.15, 0.2) is 58.3 Å². The molecule has 0 aliphatic carbocycles. The Kier molecular flexibility index (Phi) is 7.34. The van der Waals surface area contributed by atoms with Crippen molar-refractivity contribution in [3.05, 3.63) is 59.1 Å². The second-order valence-corrected chi connectivity index (χ2v) is 8.19. The van der Waals surface area contributed by atoms with E-state index in [2.05, 4.69) is 36.5 Å². The first-order valence-electron chi connectivity index (χ1n) is 7.44. The minimum atomic E-state index is -0.0989. The molecule has 23 heavy (non-hydrogen) atoms. The van der Waals surface area contributed by atoms with Crippen LogP contribution in [0.4, 0.5) is 0 Å². The minimum absolute atomic E-state index is 0.0762. The largest absolute Gasteiger partial charge is 0.354 e. The molecule has 0 aliphatic rings. The second-order valence-electron chi connectivity index (χ2n) is 5.17. The maximum absolute atomic E-state index is 12.1. The molecule has 1 N–H and O–H groups in total. The molecule has 2 rings (SSSR count). The van der Waals surface area contributed by atoms with Gasteiger partial charge in [0.05, 0.1) is 5.25 Å². The van der Waals surface area contributed by atoms with Gasteiger partial charge >= 0.3 is 0 Å². The lowest BCUT2D eigenvalue weighted by Crippen LogP contribution is -2.32. The first-order valence-corrected chi connectivity index (χ1v) is 9.68. The first kappa shape index (κ1) is 18.2. The van der Waals surface area contributed by atoms with Crippen molar-refractivity contribution in [1.82, 2.24) is 5.32 Å². The monoisotopic (exact) mass is 365 g/mol. The molecule has 5 heteroatoms. The zero-order valence-corrected chi connectivity index (χ0v) is 15.6. The second kappa shape index (κ2) is 9.26. The van der Waals surface area contributed by atoms with Crippen molar-refractivity contribution in [2.75, 3.05) is 12.3 Å². The van der Waals surface area contributed by atoms with Gasteiger partial charge in [-0.3, -0.25) is 4.79 Å². The molecule has 122 valence electrons. The van der Waals surface area contributed by atoms with E-state index in [0.717, 1.165) is 20.6 Å². The lowest BCUT2D eigenvalue weighted by molar-refractivity contribution is -0.120. The van der Waals surface area contributed by atoms with Gasteiger partial charge in [-0.15, -0.1) is 23.5 Å². The fraction of sp³-hybridized carbons (Fsp3) is 0.278. The summed E-state index contributed by atoms with van der Waals surface area (Å²) < 4.78 is 0. The number of thioether (sulfide) groups is 2. The zero-order chi connectivity index (χ0) is 16.7. The molecule has 0 saturated carbocycles. The molecule has 1 atom stereocenters. The van der Waals surface area contributed by atoms with Gasteiger partial charge in [-0.05, 0) is 50.2 Å². The van der Waals surface area contributed by atoms with Crippen LogP contribution in [0.3, 0.4) is 0 Å². The highest BCUT2D eigenvalue weighted by atomic mass is 35.5. The number of hydrogen-bond donors (Lipinski definition) is 1. The third kappa shape index (κ3) is 6.50. The molecule has 2 aromatic rings. The van der Waals surface area contributed by atoms with Crippen LogP contribution in [0.25, 0.3) is 0 Å². The minimum Gasteiger partial charge on any atom is -0.354 e. The number of rotatable bonds is 7. The summed E-state index contributed by atoms with van der Waals surface area (Å²) in [6, 6.07) is 16.0. The lowest BCUT2D eigenvalue weighted by atomic mass is 10.2. The summed E-state index contributed by atoms with van der Waals surface area (Å²) in [7, 11) is 0. The fourth-order valence-corrected chi connectivity index (χ4v) is 3.68. The van der Waals surface area contributed by atoms with Crippen molar-refractivity contribution in [3.63, 3.8) is 0 Å². The highest BCUT2D eigenvalue weighted by Crippen LogP contribution is 2.23. The van der Waals surface area contributed by atoms with E-state index < -0.39 is 0 Å². The summed E-state index contributed by atoms with van der Waals surface area (Å²) in [6.07, 6.45) is 0. The maximum atomic E-state index is 12.1. The number of benzene rings is 2. The highest BCUT2D eigenvalue weighted by molar-refractivity contribution is 8.00. The Labute approximate surface area is 151 Å². The first-order chi connectivity index (χ1) is 11.0. The summed E-state index contributed by atoms with van der Waals surface area (Å²) in [5.74, 6) is 0.919. The molecule has 2 aromatic carbocycles. The topological polar surface area (TPSA) is 29.1 Å². The smallest absolute Gasteiger partial charge is 0.233 e. The molecular weight excluding hydrogens is 346 g/mol. The van der Waals surface area contributed by atoms with Crippen LogP contribution in [-0.4, -0.2) is 23.5 Å². The van der Waals surface area contributed by atoms with E-state index in [9.17, 15) is 4.79 Å². The molecule has 0 bridgehead atoms. The molecule has 0 radical (unpaired) electrons. The Morgan fingerprint density at radius 1 is 1.09 bits per heavy atom. The van der Waals surface area contributed by atoms with Gasteiger partial charge < -0.3 is 5.32 Å². The third-order valence-corrected chi connectivity index (χ3v) is 5.56. The highest BCUT2D eigenvalue weighted by Gasteiger charge is 2.13. The number of carbonyl (C=O) groups excluding carboxylic acids is 1. The molecular formula is C18H20ClNOS2. The Morgan fingerprint density at radius 2 is 1.70 bits per heavy atom. The van der Waals surface area contributed by atoms with E-state index in [1.54, 1.807) is 23.5 Å². The third-order valence-electron chi connectivity index (χ3n) is 3.19. The van der Waals surface area contributed by atoms with Crippen molar-refractivity contribution in [3.8, 4) is 0 Å². The molecule has 0 fully saturated rings. The summed E-state index contributed by atoms with van der Waals surface area (Å²) in [5.41, 5.74) is 1.23. The van der Waals surface area contributed by atoms with Gasteiger partial charge in [0, 0.05) is 27.1 Å². The van der Waals surface area contributed by atoms with Crippen LogP contribution in [0, 0.1) is 6.92 Å². The summed E-state index contributed by atoms with van der Waals surface area (Å²) in [5, 5.41) is 3.63. The van der Waals surface area contributed by atoms with Crippen LogP contribution >= 0.6 is 35.1 Å². The Bertz CT molecular complexity index is 628. The number of carbonyl (C=O) groups is 1. The average molecular weight is 366 g/mol. The number of amides is 1.